The lowest BCUT2D eigenvalue weighted by molar-refractivity contribution is 0.101. The quantitative estimate of drug-likeness (QED) is 0.870. The predicted octanol–water partition coefficient (Wildman–Crippen LogP) is 2.30. The van der Waals surface area contributed by atoms with Crippen LogP contribution in [0.5, 0.6) is 0 Å². The van der Waals surface area contributed by atoms with E-state index in [2.05, 4.69) is 10.3 Å². The smallest absolute Gasteiger partial charge is 0.272 e. The van der Waals surface area contributed by atoms with Crippen molar-refractivity contribution in [1.29, 1.82) is 0 Å². The van der Waals surface area contributed by atoms with E-state index in [1.54, 1.807) is 18.2 Å². The van der Waals surface area contributed by atoms with Crippen molar-refractivity contribution in [2.45, 2.75) is 19.9 Å². The number of nitrogens with one attached hydrogen (secondary N) is 1. The Hall–Kier alpha value is -2.30. The minimum absolute atomic E-state index is 0.153. The van der Waals surface area contributed by atoms with Crippen LogP contribution in [0.2, 0.25) is 0 Å². The third-order valence-corrected chi connectivity index (χ3v) is 2.61. The van der Waals surface area contributed by atoms with Gasteiger partial charge < -0.3 is 15.6 Å². The van der Waals surface area contributed by atoms with Crippen molar-refractivity contribution in [2.75, 3.05) is 11.1 Å². The molecule has 2 aromatic heterocycles. The number of pyridine rings is 1. The second kappa shape index (κ2) is 4.91. The van der Waals surface area contributed by atoms with Gasteiger partial charge in [-0.2, -0.15) is 0 Å². The third-order valence-electron chi connectivity index (χ3n) is 2.61. The largest absolute Gasteiger partial charge is 0.384 e. The molecule has 0 unspecified atom stereocenters. The lowest BCUT2D eigenvalue weighted by atomic mass is 10.3. The summed E-state index contributed by atoms with van der Waals surface area (Å²) in [6.45, 7) is 4.06. The van der Waals surface area contributed by atoms with Crippen LogP contribution in [0.3, 0.4) is 0 Å². The Labute approximate surface area is 106 Å². The molecule has 0 aliphatic rings. The molecule has 0 aliphatic carbocycles. The topological polar surface area (TPSA) is 72.9 Å². The molecule has 0 fully saturated rings. The van der Waals surface area contributed by atoms with E-state index >= 15 is 0 Å². The first kappa shape index (κ1) is 12.2. The Bertz CT molecular complexity index is 542. The van der Waals surface area contributed by atoms with E-state index in [0.717, 1.165) is 0 Å². The van der Waals surface area contributed by atoms with Gasteiger partial charge in [0.2, 0.25) is 0 Å². The normalized spacial score (nSPS) is 10.6. The molecule has 0 aliphatic heterocycles. The summed E-state index contributed by atoms with van der Waals surface area (Å²) in [5.74, 6) is 0.277. The standard InChI is InChI=1S/C13H16N4O/c1-9(2)17-7-3-4-11(17)13(18)16-10-5-6-12(14)15-8-10/h3-9H,1-2H3,(H2,14,15)(H,16,18). The Balaban J connectivity index is 2.17. The van der Waals surface area contributed by atoms with E-state index in [9.17, 15) is 4.79 Å². The second-order valence-electron chi connectivity index (χ2n) is 4.32. The summed E-state index contributed by atoms with van der Waals surface area (Å²) < 4.78 is 1.92. The average molecular weight is 244 g/mol. The zero-order valence-corrected chi connectivity index (χ0v) is 10.4. The Morgan fingerprint density at radius 3 is 2.78 bits per heavy atom. The van der Waals surface area contributed by atoms with Crippen LogP contribution in [0.4, 0.5) is 11.5 Å². The Morgan fingerprint density at radius 2 is 2.17 bits per heavy atom. The number of anilines is 2. The molecule has 3 N–H and O–H groups in total. The molecular formula is C13H16N4O. The first-order valence-electron chi connectivity index (χ1n) is 5.77. The number of nitrogens with zero attached hydrogens (tertiary/aromatic N) is 2. The molecule has 0 bridgehead atoms. The molecule has 0 spiro atoms. The van der Waals surface area contributed by atoms with Gasteiger partial charge in [0.15, 0.2) is 0 Å². The van der Waals surface area contributed by atoms with Crippen LogP contribution in [0.1, 0.15) is 30.4 Å². The summed E-state index contributed by atoms with van der Waals surface area (Å²) in [6.07, 6.45) is 3.43. The molecule has 1 amide bonds. The summed E-state index contributed by atoms with van der Waals surface area (Å²) in [5.41, 5.74) is 6.74. The highest BCUT2D eigenvalue weighted by Crippen LogP contribution is 2.14. The van der Waals surface area contributed by atoms with E-state index in [0.29, 0.717) is 17.2 Å². The van der Waals surface area contributed by atoms with Crippen LogP contribution in [0.25, 0.3) is 0 Å². The molecule has 0 aromatic carbocycles. The van der Waals surface area contributed by atoms with Crippen molar-refractivity contribution in [3.63, 3.8) is 0 Å². The zero-order chi connectivity index (χ0) is 13.1. The number of hydrogen-bond donors (Lipinski definition) is 2. The average Bonchev–Trinajstić information content (AvgIpc) is 2.81. The number of nitrogens with two attached hydrogens (primary N) is 1. The van der Waals surface area contributed by atoms with Gasteiger partial charge in [0, 0.05) is 12.2 Å². The van der Waals surface area contributed by atoms with Gasteiger partial charge in [0.25, 0.3) is 5.91 Å². The molecule has 94 valence electrons. The maximum absolute atomic E-state index is 12.1. The fourth-order valence-corrected chi connectivity index (χ4v) is 1.71. The van der Waals surface area contributed by atoms with Crippen LogP contribution in [-0.2, 0) is 0 Å². The predicted molar refractivity (Wildman–Crippen MR) is 71.4 cm³/mol. The molecule has 0 saturated heterocycles. The third kappa shape index (κ3) is 2.51. The molecular weight excluding hydrogens is 228 g/mol. The summed E-state index contributed by atoms with van der Waals surface area (Å²) in [6, 6.07) is 7.27. The SMILES string of the molecule is CC(C)n1cccc1C(=O)Nc1ccc(N)nc1. The van der Waals surface area contributed by atoms with Gasteiger partial charge >= 0.3 is 0 Å². The summed E-state index contributed by atoms with van der Waals surface area (Å²) >= 11 is 0. The van der Waals surface area contributed by atoms with Crippen LogP contribution in [-0.4, -0.2) is 15.5 Å². The van der Waals surface area contributed by atoms with E-state index in [1.807, 2.05) is 30.7 Å². The van der Waals surface area contributed by atoms with Gasteiger partial charge in [-0.25, -0.2) is 4.98 Å². The van der Waals surface area contributed by atoms with Gasteiger partial charge in [0.05, 0.1) is 11.9 Å². The maximum Gasteiger partial charge on any atom is 0.272 e. The number of carbonyl (C=O) groups is 1. The molecule has 2 rings (SSSR count). The van der Waals surface area contributed by atoms with Gasteiger partial charge in [-0.05, 0) is 38.1 Å². The number of nitrogen functional groups attached to an aromatic ring is 1. The first-order valence-corrected chi connectivity index (χ1v) is 5.77. The lowest BCUT2D eigenvalue weighted by Gasteiger charge is -2.12. The zero-order valence-electron chi connectivity index (χ0n) is 10.4. The number of carbonyl (C=O) groups excluding carboxylic acids is 1. The Kier molecular flexibility index (Phi) is 3.32. The van der Waals surface area contributed by atoms with Gasteiger partial charge in [0.1, 0.15) is 11.5 Å². The molecule has 18 heavy (non-hydrogen) atoms. The van der Waals surface area contributed by atoms with Crippen LogP contribution < -0.4 is 11.1 Å². The molecule has 0 radical (unpaired) electrons. The second-order valence-corrected chi connectivity index (χ2v) is 4.32. The fourth-order valence-electron chi connectivity index (χ4n) is 1.71. The van der Waals surface area contributed by atoms with Crippen LogP contribution in [0, 0.1) is 0 Å². The van der Waals surface area contributed by atoms with Crippen molar-refractivity contribution in [3.8, 4) is 0 Å². The van der Waals surface area contributed by atoms with Crippen LogP contribution in [0.15, 0.2) is 36.7 Å². The van der Waals surface area contributed by atoms with Gasteiger partial charge in [-0.1, -0.05) is 0 Å². The van der Waals surface area contributed by atoms with Crippen molar-refractivity contribution in [2.24, 2.45) is 0 Å². The van der Waals surface area contributed by atoms with Crippen molar-refractivity contribution >= 4 is 17.4 Å². The monoisotopic (exact) mass is 244 g/mol. The van der Waals surface area contributed by atoms with Crippen molar-refractivity contribution in [3.05, 3.63) is 42.4 Å². The van der Waals surface area contributed by atoms with E-state index in [4.69, 9.17) is 5.73 Å². The number of amides is 1. The molecule has 2 aromatic rings. The maximum atomic E-state index is 12.1. The fraction of sp³-hybridized carbons (Fsp3) is 0.231. The summed E-state index contributed by atoms with van der Waals surface area (Å²) in [5, 5.41) is 2.79. The first-order chi connectivity index (χ1) is 8.58. The highest BCUT2D eigenvalue weighted by molar-refractivity contribution is 6.03. The van der Waals surface area contributed by atoms with Gasteiger partial charge in [-0.15, -0.1) is 0 Å². The molecule has 5 heteroatoms. The van der Waals surface area contributed by atoms with Crippen LogP contribution >= 0.6 is 0 Å². The summed E-state index contributed by atoms with van der Waals surface area (Å²) in [4.78, 5) is 16.0. The molecule has 0 atom stereocenters. The highest BCUT2D eigenvalue weighted by Gasteiger charge is 2.12. The molecule has 0 saturated carbocycles. The van der Waals surface area contributed by atoms with E-state index in [1.165, 1.54) is 6.20 Å². The highest BCUT2D eigenvalue weighted by atomic mass is 16.1. The van der Waals surface area contributed by atoms with Gasteiger partial charge in [-0.3, -0.25) is 4.79 Å². The minimum Gasteiger partial charge on any atom is -0.384 e. The molecule has 5 nitrogen and oxygen atoms in total. The number of aromatic nitrogens is 2. The number of rotatable bonds is 3. The minimum atomic E-state index is -0.153. The Morgan fingerprint density at radius 1 is 1.39 bits per heavy atom. The lowest BCUT2D eigenvalue weighted by Crippen LogP contribution is -2.17. The van der Waals surface area contributed by atoms with Crippen molar-refractivity contribution < 1.29 is 4.79 Å². The molecule has 2 heterocycles. The van der Waals surface area contributed by atoms with E-state index < -0.39 is 0 Å². The van der Waals surface area contributed by atoms with Crippen molar-refractivity contribution in [1.82, 2.24) is 9.55 Å². The van der Waals surface area contributed by atoms with E-state index in [-0.39, 0.29) is 11.9 Å². The number of hydrogen-bond acceptors (Lipinski definition) is 3. The summed E-state index contributed by atoms with van der Waals surface area (Å²) in [7, 11) is 0.